The van der Waals surface area contributed by atoms with Gasteiger partial charge in [0.2, 0.25) is 5.95 Å². The zero-order chi connectivity index (χ0) is 10.6. The topological polar surface area (TPSA) is 37.8 Å². The fraction of sp³-hybridized carbons (Fsp3) is 0.636. The van der Waals surface area contributed by atoms with Gasteiger partial charge in [-0.2, -0.15) is 0 Å². The summed E-state index contributed by atoms with van der Waals surface area (Å²) in [6, 6.07) is 0. The Morgan fingerprint density at radius 3 is 2.36 bits per heavy atom. The monoisotopic (exact) mass is 193 g/mol. The Balaban J connectivity index is 2.50. The van der Waals surface area contributed by atoms with Crippen molar-refractivity contribution in [2.24, 2.45) is 5.41 Å². The molecule has 0 saturated heterocycles. The molecular weight excluding hydrogens is 174 g/mol. The number of aromatic nitrogens is 2. The number of hydrogen-bond acceptors (Lipinski definition) is 3. The van der Waals surface area contributed by atoms with Crippen molar-refractivity contribution >= 4 is 5.95 Å². The number of nitrogens with one attached hydrogen (secondary N) is 1. The standard InChI is InChI=1S/C11H19N3/c1-5-11(3,4)8-14-10-12-6-9(2)7-13-10/h6-7H,5,8H2,1-4H3,(H,12,13,14). The number of nitrogens with zero attached hydrogens (tertiary/aromatic N) is 2. The Bertz CT molecular complexity index is 277. The van der Waals surface area contributed by atoms with Gasteiger partial charge in [0, 0.05) is 18.9 Å². The van der Waals surface area contributed by atoms with Crippen molar-refractivity contribution in [3.05, 3.63) is 18.0 Å². The highest BCUT2D eigenvalue weighted by atomic mass is 15.1. The van der Waals surface area contributed by atoms with Crippen LogP contribution in [0.2, 0.25) is 0 Å². The van der Waals surface area contributed by atoms with Gasteiger partial charge in [0.1, 0.15) is 0 Å². The zero-order valence-corrected chi connectivity index (χ0v) is 9.46. The SMILES string of the molecule is CCC(C)(C)CNc1ncc(C)cn1. The van der Waals surface area contributed by atoms with Crippen molar-refractivity contribution < 1.29 is 0 Å². The summed E-state index contributed by atoms with van der Waals surface area (Å²) in [7, 11) is 0. The van der Waals surface area contributed by atoms with Gasteiger partial charge >= 0.3 is 0 Å². The van der Waals surface area contributed by atoms with Crippen LogP contribution in [0.5, 0.6) is 0 Å². The van der Waals surface area contributed by atoms with Gasteiger partial charge in [-0.15, -0.1) is 0 Å². The summed E-state index contributed by atoms with van der Waals surface area (Å²) in [5.74, 6) is 0.720. The molecular formula is C11H19N3. The Morgan fingerprint density at radius 2 is 1.86 bits per heavy atom. The molecule has 0 bridgehead atoms. The average molecular weight is 193 g/mol. The molecule has 0 spiro atoms. The highest BCUT2D eigenvalue weighted by molar-refractivity contribution is 5.24. The van der Waals surface area contributed by atoms with E-state index in [1.807, 2.05) is 19.3 Å². The lowest BCUT2D eigenvalue weighted by molar-refractivity contribution is 0.376. The highest BCUT2D eigenvalue weighted by Gasteiger charge is 2.14. The third kappa shape index (κ3) is 3.32. The van der Waals surface area contributed by atoms with Crippen LogP contribution in [-0.4, -0.2) is 16.5 Å². The number of anilines is 1. The van der Waals surface area contributed by atoms with Gasteiger partial charge in [0.05, 0.1) is 0 Å². The summed E-state index contributed by atoms with van der Waals surface area (Å²) in [5, 5.41) is 3.24. The normalized spacial score (nSPS) is 11.4. The van der Waals surface area contributed by atoms with Crippen LogP contribution in [0.3, 0.4) is 0 Å². The molecule has 1 aromatic heterocycles. The van der Waals surface area contributed by atoms with Gasteiger partial charge in [-0.1, -0.05) is 20.8 Å². The predicted octanol–water partition coefficient (Wildman–Crippen LogP) is 2.63. The van der Waals surface area contributed by atoms with E-state index < -0.39 is 0 Å². The second-order valence-corrected chi connectivity index (χ2v) is 4.46. The van der Waals surface area contributed by atoms with E-state index in [4.69, 9.17) is 0 Å². The molecule has 0 saturated carbocycles. The van der Waals surface area contributed by atoms with Crippen molar-refractivity contribution in [1.29, 1.82) is 0 Å². The fourth-order valence-corrected chi connectivity index (χ4v) is 0.927. The molecule has 0 fully saturated rings. The molecule has 14 heavy (non-hydrogen) atoms. The van der Waals surface area contributed by atoms with E-state index >= 15 is 0 Å². The Morgan fingerprint density at radius 1 is 1.29 bits per heavy atom. The van der Waals surface area contributed by atoms with Crippen LogP contribution in [-0.2, 0) is 0 Å². The molecule has 1 aromatic rings. The van der Waals surface area contributed by atoms with Crippen molar-refractivity contribution in [3.8, 4) is 0 Å². The maximum Gasteiger partial charge on any atom is 0.222 e. The minimum Gasteiger partial charge on any atom is -0.354 e. The summed E-state index contributed by atoms with van der Waals surface area (Å²) in [5.41, 5.74) is 1.39. The Hall–Kier alpha value is -1.12. The molecule has 0 radical (unpaired) electrons. The van der Waals surface area contributed by atoms with Crippen molar-refractivity contribution in [1.82, 2.24) is 9.97 Å². The molecule has 78 valence electrons. The summed E-state index contributed by atoms with van der Waals surface area (Å²) in [6.07, 6.45) is 4.80. The second-order valence-electron chi connectivity index (χ2n) is 4.46. The molecule has 3 nitrogen and oxygen atoms in total. The number of aryl methyl sites for hydroxylation is 1. The van der Waals surface area contributed by atoms with Crippen molar-refractivity contribution in [3.63, 3.8) is 0 Å². The molecule has 0 aromatic carbocycles. The van der Waals surface area contributed by atoms with E-state index in [-0.39, 0.29) is 0 Å². The molecule has 0 amide bonds. The van der Waals surface area contributed by atoms with Crippen LogP contribution >= 0.6 is 0 Å². The molecule has 1 N–H and O–H groups in total. The van der Waals surface area contributed by atoms with Crippen LogP contribution < -0.4 is 5.32 Å². The second kappa shape index (κ2) is 4.40. The van der Waals surface area contributed by atoms with Crippen LogP contribution in [0, 0.1) is 12.3 Å². The first-order valence-electron chi connectivity index (χ1n) is 5.06. The molecule has 0 aliphatic heterocycles. The van der Waals surface area contributed by atoms with E-state index in [0.717, 1.165) is 24.5 Å². The maximum absolute atomic E-state index is 4.19. The summed E-state index contributed by atoms with van der Waals surface area (Å²) in [6.45, 7) is 9.55. The van der Waals surface area contributed by atoms with Crippen LogP contribution in [0.15, 0.2) is 12.4 Å². The molecule has 0 unspecified atom stereocenters. The third-order valence-corrected chi connectivity index (χ3v) is 2.46. The number of rotatable bonds is 4. The first-order chi connectivity index (χ1) is 6.53. The van der Waals surface area contributed by atoms with Gasteiger partial charge in [-0.25, -0.2) is 9.97 Å². The van der Waals surface area contributed by atoms with Gasteiger partial charge in [-0.05, 0) is 24.3 Å². The minimum atomic E-state index is 0.300. The Labute approximate surface area is 86.0 Å². The highest BCUT2D eigenvalue weighted by Crippen LogP contribution is 2.19. The van der Waals surface area contributed by atoms with E-state index in [0.29, 0.717) is 5.41 Å². The van der Waals surface area contributed by atoms with E-state index in [9.17, 15) is 0 Å². The predicted molar refractivity (Wildman–Crippen MR) is 59.3 cm³/mol. The molecule has 1 heterocycles. The molecule has 3 heteroatoms. The first-order valence-corrected chi connectivity index (χ1v) is 5.06. The fourth-order valence-electron chi connectivity index (χ4n) is 0.927. The lowest BCUT2D eigenvalue weighted by atomic mass is 9.90. The first kappa shape index (κ1) is 11.0. The van der Waals surface area contributed by atoms with E-state index in [1.165, 1.54) is 0 Å². The van der Waals surface area contributed by atoms with Crippen molar-refractivity contribution in [2.45, 2.75) is 34.1 Å². The number of hydrogen-bond donors (Lipinski definition) is 1. The summed E-state index contributed by atoms with van der Waals surface area (Å²) in [4.78, 5) is 8.39. The third-order valence-electron chi connectivity index (χ3n) is 2.46. The molecule has 1 rings (SSSR count). The average Bonchev–Trinajstić information content (AvgIpc) is 2.17. The van der Waals surface area contributed by atoms with E-state index in [2.05, 4.69) is 36.1 Å². The molecule has 0 aliphatic carbocycles. The van der Waals surface area contributed by atoms with Gasteiger partial charge < -0.3 is 5.32 Å². The van der Waals surface area contributed by atoms with Crippen molar-refractivity contribution in [2.75, 3.05) is 11.9 Å². The largest absolute Gasteiger partial charge is 0.354 e. The Kier molecular flexibility index (Phi) is 3.44. The van der Waals surface area contributed by atoms with Crippen LogP contribution in [0.25, 0.3) is 0 Å². The van der Waals surface area contributed by atoms with Gasteiger partial charge in [-0.3, -0.25) is 0 Å². The van der Waals surface area contributed by atoms with Crippen LogP contribution in [0.4, 0.5) is 5.95 Å². The smallest absolute Gasteiger partial charge is 0.222 e. The zero-order valence-electron chi connectivity index (χ0n) is 9.46. The lowest BCUT2D eigenvalue weighted by Gasteiger charge is -2.22. The van der Waals surface area contributed by atoms with Gasteiger partial charge in [0.15, 0.2) is 0 Å². The summed E-state index contributed by atoms with van der Waals surface area (Å²) < 4.78 is 0. The minimum absolute atomic E-state index is 0.300. The summed E-state index contributed by atoms with van der Waals surface area (Å²) >= 11 is 0. The molecule has 0 aliphatic rings. The quantitative estimate of drug-likeness (QED) is 0.798. The maximum atomic E-state index is 4.19. The molecule has 0 atom stereocenters. The van der Waals surface area contributed by atoms with E-state index in [1.54, 1.807) is 0 Å². The van der Waals surface area contributed by atoms with Crippen LogP contribution in [0.1, 0.15) is 32.8 Å². The van der Waals surface area contributed by atoms with Gasteiger partial charge in [0.25, 0.3) is 0 Å². The lowest BCUT2D eigenvalue weighted by Crippen LogP contribution is -2.22.